The number of carbonyl (C=O) groups is 2. The van der Waals surface area contributed by atoms with Gasteiger partial charge in [0.2, 0.25) is 0 Å². The number of carbonyl (C=O) groups excluding carboxylic acids is 2. The van der Waals surface area contributed by atoms with E-state index in [-0.39, 0.29) is 0 Å². The summed E-state index contributed by atoms with van der Waals surface area (Å²) in [6.07, 6.45) is -1.02. The Hall–Kier alpha value is 0.340. The van der Waals surface area contributed by atoms with Gasteiger partial charge in [0, 0.05) is 0 Å². The number of ether oxygens (including phenoxy) is 2. The number of hydrogen-bond acceptors (Lipinski definition) is 4. The smallest absolute Gasteiger partial charge is 0.371 e. The average molecular weight is 423 g/mol. The molecule has 0 radical (unpaired) electrons. The molecular weight excluding hydrogens is 417 g/mol. The van der Waals surface area contributed by atoms with Crippen LogP contribution in [0, 0.1) is 0 Å². The van der Waals surface area contributed by atoms with Crippen LogP contribution >= 0.6 is 55.1 Å². The predicted octanol–water partition coefficient (Wildman–Crippen LogP) is 2.98. The Morgan fingerprint density at radius 2 is 1.65 bits per heavy atom. The van der Waals surface area contributed by atoms with Crippen LogP contribution in [-0.4, -0.2) is 32.7 Å². The molecule has 0 aromatic heterocycles. The van der Waals surface area contributed by atoms with E-state index in [1.54, 1.807) is 0 Å². The summed E-state index contributed by atoms with van der Waals surface area (Å²) in [6.45, 7) is 0.776. The normalized spacial score (nSPS) is 19.7. The molecule has 0 aliphatic carbocycles. The minimum Gasteiger partial charge on any atom is -0.458 e. The fraction of sp³-hybridized carbons (Fsp3) is 0.714. The number of esters is 2. The van der Waals surface area contributed by atoms with Gasteiger partial charge in [0.05, 0.1) is 0 Å². The van der Waals surface area contributed by atoms with Crippen molar-refractivity contribution in [2.75, 3.05) is 6.61 Å². The number of hydrogen-bond donors (Lipinski definition) is 0. The molecule has 0 bridgehead atoms. The minimum atomic E-state index is -2.86. The van der Waals surface area contributed by atoms with E-state index in [0.717, 1.165) is 0 Å². The third kappa shape index (κ3) is 7.38. The standard InChI is InChI=1S/C7H6Br2Cl2F2O4/c1-3(17-5(15)7(9,11)13)2-16-4(14)6(8,10)12/h3H,2H2,1H3. The van der Waals surface area contributed by atoms with Gasteiger partial charge in [-0.2, -0.15) is 0 Å². The quantitative estimate of drug-likeness (QED) is 0.505. The maximum Gasteiger partial charge on any atom is 0.371 e. The van der Waals surface area contributed by atoms with Crippen LogP contribution in [0.4, 0.5) is 8.78 Å². The van der Waals surface area contributed by atoms with Crippen molar-refractivity contribution in [3.05, 3.63) is 0 Å². The van der Waals surface area contributed by atoms with Gasteiger partial charge in [-0.3, -0.25) is 0 Å². The van der Waals surface area contributed by atoms with E-state index in [1.807, 2.05) is 0 Å². The van der Waals surface area contributed by atoms with Crippen LogP contribution in [0.25, 0.3) is 0 Å². The van der Waals surface area contributed by atoms with Crippen molar-refractivity contribution in [1.29, 1.82) is 0 Å². The summed E-state index contributed by atoms with van der Waals surface area (Å²) in [5, 5.41) is 0. The van der Waals surface area contributed by atoms with Gasteiger partial charge in [-0.1, -0.05) is 23.2 Å². The van der Waals surface area contributed by atoms with E-state index in [1.165, 1.54) is 6.92 Å². The Morgan fingerprint density at radius 3 is 2.00 bits per heavy atom. The fourth-order valence-electron chi connectivity index (χ4n) is 0.558. The van der Waals surface area contributed by atoms with Crippen molar-refractivity contribution in [3.8, 4) is 0 Å². The van der Waals surface area contributed by atoms with Gasteiger partial charge in [0.1, 0.15) is 12.7 Å². The highest BCUT2D eigenvalue weighted by Crippen LogP contribution is 2.28. The van der Waals surface area contributed by atoms with Crippen LogP contribution in [0.2, 0.25) is 0 Å². The molecule has 0 saturated heterocycles. The first kappa shape index (κ1) is 17.3. The van der Waals surface area contributed by atoms with E-state index in [2.05, 4.69) is 41.3 Å². The third-order valence-corrected chi connectivity index (χ3v) is 2.18. The zero-order chi connectivity index (χ0) is 13.9. The van der Waals surface area contributed by atoms with Gasteiger partial charge in [0.25, 0.3) is 0 Å². The third-order valence-electron chi connectivity index (χ3n) is 1.22. The SMILES string of the molecule is CC(COC(=O)C(F)(Cl)Br)OC(=O)C(F)(Cl)Br. The summed E-state index contributed by atoms with van der Waals surface area (Å²) in [5.41, 5.74) is 0. The summed E-state index contributed by atoms with van der Waals surface area (Å²) in [5.74, 6) is -2.84. The Morgan fingerprint density at radius 1 is 1.24 bits per heavy atom. The number of halogens is 6. The van der Waals surface area contributed by atoms with Crippen molar-refractivity contribution in [3.63, 3.8) is 0 Å². The maximum absolute atomic E-state index is 12.7. The summed E-state index contributed by atoms with van der Waals surface area (Å²) in [7, 11) is 0. The molecule has 0 aromatic carbocycles. The molecule has 4 nitrogen and oxygen atoms in total. The molecule has 0 aromatic rings. The van der Waals surface area contributed by atoms with E-state index >= 15 is 0 Å². The summed E-state index contributed by atoms with van der Waals surface area (Å²) in [6, 6.07) is 0. The van der Waals surface area contributed by atoms with Crippen LogP contribution < -0.4 is 0 Å². The van der Waals surface area contributed by atoms with Gasteiger partial charge in [-0.25, -0.2) is 18.4 Å². The number of alkyl halides is 6. The van der Waals surface area contributed by atoms with E-state index in [4.69, 9.17) is 23.2 Å². The Balaban J connectivity index is 4.10. The van der Waals surface area contributed by atoms with Gasteiger partial charge >= 0.3 is 20.0 Å². The maximum atomic E-state index is 12.7. The first-order valence-corrected chi connectivity index (χ1v) is 6.30. The first-order chi connectivity index (χ1) is 7.44. The highest BCUT2D eigenvalue weighted by molar-refractivity contribution is 9.10. The molecule has 3 atom stereocenters. The van der Waals surface area contributed by atoms with Crippen LogP contribution in [0.5, 0.6) is 0 Å². The van der Waals surface area contributed by atoms with Crippen LogP contribution in [-0.2, 0) is 19.1 Å². The van der Waals surface area contributed by atoms with Gasteiger partial charge < -0.3 is 9.47 Å². The largest absolute Gasteiger partial charge is 0.458 e. The van der Waals surface area contributed by atoms with Crippen molar-refractivity contribution in [2.45, 2.75) is 21.1 Å². The number of rotatable bonds is 5. The molecule has 10 heteroatoms. The minimum absolute atomic E-state index is 0.505. The highest BCUT2D eigenvalue weighted by atomic mass is 79.9. The van der Waals surface area contributed by atoms with Gasteiger partial charge in [-0.05, 0) is 38.8 Å². The second-order valence-corrected chi connectivity index (χ2v) is 6.95. The van der Waals surface area contributed by atoms with Crippen LogP contribution in [0.15, 0.2) is 0 Å². The summed E-state index contributed by atoms with van der Waals surface area (Å²) < 4.78 is 28.5. The van der Waals surface area contributed by atoms with E-state index in [0.29, 0.717) is 0 Å². The second-order valence-electron chi connectivity index (χ2n) is 2.81. The molecule has 0 amide bonds. The second kappa shape index (κ2) is 6.49. The molecule has 0 heterocycles. The molecule has 0 N–H and O–H groups in total. The van der Waals surface area contributed by atoms with Gasteiger partial charge in [-0.15, -0.1) is 0 Å². The lowest BCUT2D eigenvalue weighted by Gasteiger charge is -2.17. The van der Waals surface area contributed by atoms with E-state index in [9.17, 15) is 18.4 Å². The molecule has 17 heavy (non-hydrogen) atoms. The van der Waals surface area contributed by atoms with Crippen LogP contribution in [0.3, 0.4) is 0 Å². The molecule has 0 rings (SSSR count). The molecule has 0 fully saturated rings. The van der Waals surface area contributed by atoms with Crippen LogP contribution in [0.1, 0.15) is 6.92 Å². The Kier molecular flexibility index (Phi) is 6.62. The van der Waals surface area contributed by atoms with Crippen molar-refractivity contribution in [1.82, 2.24) is 0 Å². The molecule has 100 valence electrons. The predicted molar refractivity (Wildman–Crippen MR) is 63.8 cm³/mol. The van der Waals surface area contributed by atoms with Gasteiger partial charge in [0.15, 0.2) is 0 Å². The molecule has 0 aliphatic heterocycles. The lowest BCUT2D eigenvalue weighted by molar-refractivity contribution is -0.162. The summed E-state index contributed by atoms with van der Waals surface area (Å²) >= 11 is 14.3. The van der Waals surface area contributed by atoms with E-state index < -0.39 is 32.7 Å². The van der Waals surface area contributed by atoms with Crippen molar-refractivity contribution >= 4 is 67.0 Å². The fourth-order valence-corrected chi connectivity index (χ4v) is 0.865. The first-order valence-electron chi connectivity index (χ1n) is 3.96. The Labute approximate surface area is 122 Å². The Bertz CT molecular complexity index is 303. The zero-order valence-corrected chi connectivity index (χ0v) is 12.9. The summed E-state index contributed by atoms with van der Waals surface area (Å²) in [4.78, 5) is 21.7. The molecule has 3 unspecified atom stereocenters. The monoisotopic (exact) mass is 420 g/mol. The lowest BCUT2D eigenvalue weighted by atomic mass is 10.4. The topological polar surface area (TPSA) is 52.6 Å². The van der Waals surface area contributed by atoms with Crippen molar-refractivity contribution < 1.29 is 27.8 Å². The average Bonchev–Trinajstić information content (AvgIpc) is 2.10. The zero-order valence-electron chi connectivity index (χ0n) is 8.19. The molecule has 0 spiro atoms. The highest BCUT2D eigenvalue weighted by Gasteiger charge is 2.37. The van der Waals surface area contributed by atoms with Crippen molar-refractivity contribution in [2.24, 2.45) is 0 Å². The lowest BCUT2D eigenvalue weighted by Crippen LogP contribution is -2.31. The molecule has 0 saturated carbocycles. The molecular formula is C7H6Br2Cl2F2O4. The molecule has 0 aliphatic rings.